The van der Waals surface area contributed by atoms with Crippen molar-refractivity contribution in [3.8, 4) is 5.75 Å². The van der Waals surface area contributed by atoms with Crippen LogP contribution in [-0.2, 0) is 6.42 Å². The summed E-state index contributed by atoms with van der Waals surface area (Å²) in [4.78, 5) is 0. The molecule has 0 saturated heterocycles. The van der Waals surface area contributed by atoms with E-state index in [4.69, 9.17) is 10.5 Å². The molecule has 1 fully saturated rings. The minimum Gasteiger partial charge on any atom is -0.490 e. The SMILES string of the molecule is CCc1cccc(OC2CC(C(C)(C)C)CCC2CN)c1. The van der Waals surface area contributed by atoms with E-state index in [0.717, 1.165) is 31.1 Å². The summed E-state index contributed by atoms with van der Waals surface area (Å²) in [5.74, 6) is 2.22. The van der Waals surface area contributed by atoms with Gasteiger partial charge in [0.05, 0.1) is 0 Å². The van der Waals surface area contributed by atoms with Crippen molar-refractivity contribution in [3.05, 3.63) is 29.8 Å². The van der Waals surface area contributed by atoms with Crippen molar-refractivity contribution in [1.82, 2.24) is 0 Å². The zero-order chi connectivity index (χ0) is 15.5. The minimum absolute atomic E-state index is 0.264. The third kappa shape index (κ3) is 4.23. The van der Waals surface area contributed by atoms with E-state index in [1.54, 1.807) is 0 Å². The van der Waals surface area contributed by atoms with Crippen LogP contribution in [0.25, 0.3) is 0 Å². The molecule has 0 aliphatic heterocycles. The monoisotopic (exact) mass is 289 g/mol. The summed E-state index contributed by atoms with van der Waals surface area (Å²) in [6.45, 7) is 9.94. The van der Waals surface area contributed by atoms with E-state index in [-0.39, 0.29) is 6.10 Å². The van der Waals surface area contributed by atoms with Crippen LogP contribution in [0.4, 0.5) is 0 Å². The van der Waals surface area contributed by atoms with Crippen LogP contribution in [-0.4, -0.2) is 12.6 Å². The van der Waals surface area contributed by atoms with Crippen molar-refractivity contribution in [2.45, 2.75) is 59.5 Å². The predicted octanol–water partition coefficient (Wildman–Crippen LogP) is 4.42. The maximum Gasteiger partial charge on any atom is 0.120 e. The number of hydrogen-bond donors (Lipinski definition) is 1. The summed E-state index contributed by atoms with van der Waals surface area (Å²) in [5.41, 5.74) is 7.66. The Morgan fingerprint density at radius 1 is 1.24 bits per heavy atom. The van der Waals surface area contributed by atoms with Crippen LogP contribution in [0.2, 0.25) is 0 Å². The Labute approximate surface area is 130 Å². The molecule has 0 radical (unpaired) electrons. The van der Waals surface area contributed by atoms with Gasteiger partial charge in [0.2, 0.25) is 0 Å². The van der Waals surface area contributed by atoms with Crippen LogP contribution in [0.15, 0.2) is 24.3 Å². The van der Waals surface area contributed by atoms with Crippen molar-refractivity contribution in [3.63, 3.8) is 0 Å². The van der Waals surface area contributed by atoms with Crippen LogP contribution in [0, 0.1) is 17.3 Å². The molecule has 2 heteroatoms. The molecule has 3 unspecified atom stereocenters. The van der Waals surface area contributed by atoms with Gasteiger partial charge in [-0.3, -0.25) is 0 Å². The molecule has 3 atom stereocenters. The lowest BCUT2D eigenvalue weighted by molar-refractivity contribution is 0.0331. The van der Waals surface area contributed by atoms with Crippen molar-refractivity contribution in [1.29, 1.82) is 0 Å². The standard InChI is InChI=1S/C19H31NO/c1-5-14-7-6-8-17(11-14)21-18-12-16(19(2,3)4)10-9-15(18)13-20/h6-8,11,15-16,18H,5,9-10,12-13,20H2,1-4H3. The number of benzene rings is 1. The molecule has 0 heterocycles. The molecule has 2 nitrogen and oxygen atoms in total. The van der Waals surface area contributed by atoms with Gasteiger partial charge >= 0.3 is 0 Å². The Balaban J connectivity index is 2.10. The van der Waals surface area contributed by atoms with Crippen LogP contribution in [0.5, 0.6) is 5.75 Å². The molecule has 1 aliphatic carbocycles. The highest BCUT2D eigenvalue weighted by atomic mass is 16.5. The molecule has 0 bridgehead atoms. The lowest BCUT2D eigenvalue weighted by Gasteiger charge is -2.41. The fraction of sp³-hybridized carbons (Fsp3) is 0.684. The molecule has 1 aliphatic rings. The Hall–Kier alpha value is -1.02. The van der Waals surface area contributed by atoms with Crippen LogP contribution in [0.1, 0.15) is 52.5 Å². The molecule has 1 aromatic rings. The summed E-state index contributed by atoms with van der Waals surface area (Å²) < 4.78 is 6.35. The maximum absolute atomic E-state index is 6.35. The molecule has 21 heavy (non-hydrogen) atoms. The third-order valence-electron chi connectivity index (χ3n) is 5.05. The molecular formula is C19H31NO. The van der Waals surface area contributed by atoms with Crippen LogP contribution in [0.3, 0.4) is 0 Å². The third-order valence-corrected chi connectivity index (χ3v) is 5.05. The smallest absolute Gasteiger partial charge is 0.120 e. The second-order valence-corrected chi connectivity index (χ2v) is 7.53. The van der Waals surface area contributed by atoms with Crippen LogP contribution >= 0.6 is 0 Å². The Kier molecular flexibility index (Phi) is 5.32. The van der Waals surface area contributed by atoms with Gasteiger partial charge in [-0.25, -0.2) is 0 Å². The molecule has 0 spiro atoms. The minimum atomic E-state index is 0.264. The van der Waals surface area contributed by atoms with Gasteiger partial charge in [-0.15, -0.1) is 0 Å². The van der Waals surface area contributed by atoms with Gasteiger partial charge < -0.3 is 10.5 Å². The van der Waals surface area contributed by atoms with Gasteiger partial charge in [0, 0.05) is 5.92 Å². The second kappa shape index (κ2) is 6.83. The van der Waals surface area contributed by atoms with Crippen molar-refractivity contribution < 1.29 is 4.74 Å². The molecular weight excluding hydrogens is 258 g/mol. The molecule has 1 saturated carbocycles. The van der Waals surface area contributed by atoms with E-state index in [2.05, 4.69) is 52.0 Å². The second-order valence-electron chi connectivity index (χ2n) is 7.53. The molecule has 118 valence electrons. The maximum atomic E-state index is 6.35. The lowest BCUT2D eigenvalue weighted by atomic mass is 9.68. The summed E-state index contributed by atoms with van der Waals surface area (Å²) >= 11 is 0. The zero-order valence-electron chi connectivity index (χ0n) is 14.1. The first kappa shape index (κ1) is 16.4. The quantitative estimate of drug-likeness (QED) is 0.890. The Morgan fingerprint density at radius 2 is 2.00 bits per heavy atom. The molecule has 0 aromatic heterocycles. The largest absolute Gasteiger partial charge is 0.490 e. The summed E-state index contributed by atoms with van der Waals surface area (Å²) in [5, 5.41) is 0. The molecule has 2 rings (SSSR count). The van der Waals surface area contributed by atoms with E-state index in [1.807, 2.05) is 0 Å². The van der Waals surface area contributed by atoms with Gasteiger partial charge in [-0.2, -0.15) is 0 Å². The van der Waals surface area contributed by atoms with Crippen LogP contribution < -0.4 is 10.5 Å². The average molecular weight is 289 g/mol. The normalized spacial score (nSPS) is 26.6. The number of ether oxygens (including phenoxy) is 1. The van der Waals surface area contributed by atoms with E-state index in [9.17, 15) is 0 Å². The summed E-state index contributed by atoms with van der Waals surface area (Å²) in [6.07, 6.45) is 4.91. The van der Waals surface area contributed by atoms with E-state index < -0.39 is 0 Å². The fourth-order valence-electron chi connectivity index (χ4n) is 3.41. The average Bonchev–Trinajstić information content (AvgIpc) is 2.46. The topological polar surface area (TPSA) is 35.2 Å². The number of nitrogens with two attached hydrogens (primary N) is 1. The fourth-order valence-corrected chi connectivity index (χ4v) is 3.41. The summed E-state index contributed by atoms with van der Waals surface area (Å²) in [6, 6.07) is 8.50. The van der Waals surface area contributed by atoms with Gasteiger partial charge in [0.1, 0.15) is 11.9 Å². The highest BCUT2D eigenvalue weighted by molar-refractivity contribution is 5.28. The predicted molar refractivity (Wildman–Crippen MR) is 89.6 cm³/mol. The first-order valence-electron chi connectivity index (χ1n) is 8.39. The molecule has 2 N–H and O–H groups in total. The van der Waals surface area contributed by atoms with Crippen molar-refractivity contribution in [2.75, 3.05) is 6.54 Å². The Bertz CT molecular complexity index is 449. The zero-order valence-corrected chi connectivity index (χ0v) is 14.1. The summed E-state index contributed by atoms with van der Waals surface area (Å²) in [7, 11) is 0. The molecule has 1 aromatic carbocycles. The first-order chi connectivity index (χ1) is 9.94. The van der Waals surface area contributed by atoms with Crippen molar-refractivity contribution in [2.24, 2.45) is 23.0 Å². The van der Waals surface area contributed by atoms with E-state index >= 15 is 0 Å². The molecule has 0 amide bonds. The Morgan fingerprint density at radius 3 is 2.62 bits per heavy atom. The van der Waals surface area contributed by atoms with Gasteiger partial charge in [-0.05, 0) is 61.3 Å². The van der Waals surface area contributed by atoms with E-state index in [1.165, 1.54) is 18.4 Å². The number of aryl methyl sites for hydroxylation is 1. The lowest BCUT2D eigenvalue weighted by Crippen LogP contribution is -2.41. The van der Waals surface area contributed by atoms with Gasteiger partial charge in [0.15, 0.2) is 0 Å². The first-order valence-corrected chi connectivity index (χ1v) is 8.39. The highest BCUT2D eigenvalue weighted by Crippen LogP contribution is 2.41. The number of hydrogen-bond acceptors (Lipinski definition) is 2. The highest BCUT2D eigenvalue weighted by Gasteiger charge is 2.36. The van der Waals surface area contributed by atoms with E-state index in [0.29, 0.717) is 11.3 Å². The number of rotatable bonds is 4. The van der Waals surface area contributed by atoms with Gasteiger partial charge in [0.25, 0.3) is 0 Å². The van der Waals surface area contributed by atoms with Crippen molar-refractivity contribution >= 4 is 0 Å². The van der Waals surface area contributed by atoms with Gasteiger partial charge in [-0.1, -0.05) is 39.8 Å².